The molecule has 4 heteroatoms. The number of nitrogens with one attached hydrogen (secondary N) is 1. The van der Waals surface area contributed by atoms with E-state index >= 15 is 0 Å². The summed E-state index contributed by atoms with van der Waals surface area (Å²) in [7, 11) is 0. The van der Waals surface area contributed by atoms with E-state index in [-0.39, 0.29) is 11.8 Å². The fourth-order valence-electron chi connectivity index (χ4n) is 1.94. The van der Waals surface area contributed by atoms with Crippen LogP contribution in [0, 0.1) is 15.4 Å². The normalized spacial score (nSPS) is 12.5. The molecule has 0 aliphatic heterocycles. The first-order valence-corrected chi connectivity index (χ1v) is 7.34. The Morgan fingerprint density at radius 1 is 1.33 bits per heavy atom. The minimum Gasteiger partial charge on any atom is -0.330 e. The molecule has 18 heavy (non-hydrogen) atoms. The highest BCUT2D eigenvalue weighted by molar-refractivity contribution is 14.1. The van der Waals surface area contributed by atoms with E-state index in [2.05, 4.69) is 41.8 Å². The molecule has 0 saturated carbocycles. The largest absolute Gasteiger partial charge is 0.330 e. The smallest absolute Gasteiger partial charge is 0.224 e. The second-order valence-corrected chi connectivity index (χ2v) is 6.24. The Labute approximate surface area is 123 Å². The zero-order valence-electron chi connectivity index (χ0n) is 10.9. The third-order valence-corrected chi connectivity index (χ3v) is 3.46. The summed E-state index contributed by atoms with van der Waals surface area (Å²) in [5.41, 5.74) is 6.55. The van der Waals surface area contributed by atoms with Crippen molar-refractivity contribution < 1.29 is 4.79 Å². The van der Waals surface area contributed by atoms with Gasteiger partial charge in [-0.05, 0) is 71.7 Å². The zero-order chi connectivity index (χ0) is 13.5. The SMILES string of the molecule is CC(C)C[C@H](CN)CC(=O)Nc1ccc(I)cc1. The van der Waals surface area contributed by atoms with E-state index < -0.39 is 0 Å². The molecule has 1 aromatic carbocycles. The number of hydrogen-bond donors (Lipinski definition) is 2. The average molecular weight is 360 g/mol. The lowest BCUT2D eigenvalue weighted by Crippen LogP contribution is -2.23. The number of nitrogens with two attached hydrogens (primary N) is 1. The maximum Gasteiger partial charge on any atom is 0.224 e. The van der Waals surface area contributed by atoms with Gasteiger partial charge in [-0.15, -0.1) is 0 Å². The Kier molecular flexibility index (Phi) is 6.63. The fourth-order valence-corrected chi connectivity index (χ4v) is 2.30. The van der Waals surface area contributed by atoms with Crippen LogP contribution in [-0.2, 0) is 4.79 Å². The second-order valence-electron chi connectivity index (χ2n) is 4.99. The van der Waals surface area contributed by atoms with Crippen LogP contribution in [0.3, 0.4) is 0 Å². The molecule has 3 N–H and O–H groups in total. The highest BCUT2D eigenvalue weighted by Gasteiger charge is 2.14. The first-order chi connectivity index (χ1) is 8.51. The van der Waals surface area contributed by atoms with Crippen molar-refractivity contribution in [3.8, 4) is 0 Å². The van der Waals surface area contributed by atoms with E-state index in [4.69, 9.17) is 5.73 Å². The van der Waals surface area contributed by atoms with E-state index in [9.17, 15) is 4.79 Å². The predicted molar refractivity (Wildman–Crippen MR) is 84.4 cm³/mol. The van der Waals surface area contributed by atoms with Crippen molar-refractivity contribution >= 4 is 34.2 Å². The van der Waals surface area contributed by atoms with Crippen molar-refractivity contribution in [2.45, 2.75) is 26.7 Å². The molecule has 0 aromatic heterocycles. The lowest BCUT2D eigenvalue weighted by atomic mass is 9.94. The van der Waals surface area contributed by atoms with Gasteiger partial charge < -0.3 is 11.1 Å². The Morgan fingerprint density at radius 3 is 2.44 bits per heavy atom. The summed E-state index contributed by atoms with van der Waals surface area (Å²) in [6, 6.07) is 7.79. The molecule has 0 heterocycles. The summed E-state index contributed by atoms with van der Waals surface area (Å²) in [5.74, 6) is 0.894. The third-order valence-electron chi connectivity index (χ3n) is 2.74. The Morgan fingerprint density at radius 2 is 1.94 bits per heavy atom. The van der Waals surface area contributed by atoms with E-state index in [0.29, 0.717) is 18.9 Å². The summed E-state index contributed by atoms with van der Waals surface area (Å²) in [5, 5.41) is 2.91. The lowest BCUT2D eigenvalue weighted by molar-refractivity contribution is -0.117. The van der Waals surface area contributed by atoms with Gasteiger partial charge in [0, 0.05) is 15.7 Å². The van der Waals surface area contributed by atoms with Crippen LogP contribution >= 0.6 is 22.6 Å². The van der Waals surface area contributed by atoms with Crippen molar-refractivity contribution in [3.63, 3.8) is 0 Å². The molecule has 0 saturated heterocycles. The van der Waals surface area contributed by atoms with Crippen molar-refractivity contribution in [1.82, 2.24) is 0 Å². The van der Waals surface area contributed by atoms with Gasteiger partial charge in [0.15, 0.2) is 0 Å². The summed E-state index contributed by atoms with van der Waals surface area (Å²) < 4.78 is 1.16. The summed E-state index contributed by atoms with van der Waals surface area (Å²) in [4.78, 5) is 11.9. The molecule has 1 amide bonds. The summed E-state index contributed by atoms with van der Waals surface area (Å²) in [6.07, 6.45) is 1.50. The predicted octanol–water partition coefficient (Wildman–Crippen LogP) is 3.24. The lowest BCUT2D eigenvalue weighted by Gasteiger charge is -2.16. The van der Waals surface area contributed by atoms with Crippen LogP contribution in [0.1, 0.15) is 26.7 Å². The molecule has 1 aromatic rings. The van der Waals surface area contributed by atoms with Crippen LogP contribution in [0.25, 0.3) is 0 Å². The Bertz CT molecular complexity index is 376. The van der Waals surface area contributed by atoms with Gasteiger partial charge in [0.1, 0.15) is 0 Å². The first kappa shape index (κ1) is 15.4. The van der Waals surface area contributed by atoms with Gasteiger partial charge in [-0.3, -0.25) is 4.79 Å². The highest BCUT2D eigenvalue weighted by atomic mass is 127. The summed E-state index contributed by atoms with van der Waals surface area (Å²) in [6.45, 7) is 4.87. The van der Waals surface area contributed by atoms with E-state index in [1.165, 1.54) is 0 Å². The van der Waals surface area contributed by atoms with Gasteiger partial charge in [-0.2, -0.15) is 0 Å². The average Bonchev–Trinajstić information content (AvgIpc) is 2.30. The van der Waals surface area contributed by atoms with Gasteiger partial charge in [-0.1, -0.05) is 13.8 Å². The molecule has 0 fully saturated rings. The number of hydrogen-bond acceptors (Lipinski definition) is 2. The van der Waals surface area contributed by atoms with Crippen LogP contribution in [0.2, 0.25) is 0 Å². The molecule has 0 radical (unpaired) electrons. The number of carbonyl (C=O) groups excluding carboxylic acids is 1. The van der Waals surface area contributed by atoms with E-state index in [1.807, 2.05) is 24.3 Å². The topological polar surface area (TPSA) is 55.1 Å². The number of benzene rings is 1. The standard InChI is InChI=1S/C14H21IN2O/c1-10(2)7-11(9-16)8-14(18)17-13-5-3-12(15)4-6-13/h3-6,10-11H,7-9,16H2,1-2H3,(H,17,18)/t11-/m0/s1. The molecule has 1 rings (SSSR count). The van der Waals surface area contributed by atoms with Gasteiger partial charge >= 0.3 is 0 Å². The van der Waals surface area contributed by atoms with Crippen molar-refractivity contribution in [2.24, 2.45) is 17.6 Å². The van der Waals surface area contributed by atoms with Crippen LogP contribution < -0.4 is 11.1 Å². The Hall–Kier alpha value is -0.620. The van der Waals surface area contributed by atoms with Gasteiger partial charge in [-0.25, -0.2) is 0 Å². The van der Waals surface area contributed by atoms with Crippen molar-refractivity contribution in [1.29, 1.82) is 0 Å². The molecule has 1 atom stereocenters. The van der Waals surface area contributed by atoms with E-state index in [0.717, 1.165) is 15.7 Å². The number of rotatable bonds is 6. The number of halogens is 1. The van der Waals surface area contributed by atoms with Gasteiger partial charge in [0.05, 0.1) is 0 Å². The second kappa shape index (κ2) is 7.74. The van der Waals surface area contributed by atoms with Gasteiger partial charge in [0.2, 0.25) is 5.91 Å². The zero-order valence-corrected chi connectivity index (χ0v) is 13.1. The highest BCUT2D eigenvalue weighted by Crippen LogP contribution is 2.16. The van der Waals surface area contributed by atoms with Crippen LogP contribution in [0.4, 0.5) is 5.69 Å². The monoisotopic (exact) mass is 360 g/mol. The molecule has 0 unspecified atom stereocenters. The molecule has 0 aliphatic rings. The maximum atomic E-state index is 11.9. The molecule has 3 nitrogen and oxygen atoms in total. The number of amides is 1. The van der Waals surface area contributed by atoms with Crippen molar-refractivity contribution in [2.75, 3.05) is 11.9 Å². The summed E-state index contributed by atoms with van der Waals surface area (Å²) >= 11 is 2.24. The first-order valence-electron chi connectivity index (χ1n) is 6.26. The number of anilines is 1. The molecular formula is C14H21IN2O. The third kappa shape index (κ3) is 5.82. The van der Waals surface area contributed by atoms with Crippen molar-refractivity contribution in [3.05, 3.63) is 27.8 Å². The van der Waals surface area contributed by atoms with Crippen LogP contribution in [-0.4, -0.2) is 12.5 Å². The van der Waals surface area contributed by atoms with Gasteiger partial charge in [0.25, 0.3) is 0 Å². The molecule has 0 bridgehead atoms. The quantitative estimate of drug-likeness (QED) is 0.766. The molecule has 0 spiro atoms. The molecule has 0 aliphatic carbocycles. The minimum atomic E-state index is 0.0484. The molecule has 100 valence electrons. The maximum absolute atomic E-state index is 11.9. The minimum absolute atomic E-state index is 0.0484. The number of carbonyl (C=O) groups is 1. The van der Waals surface area contributed by atoms with Crippen LogP contribution in [0.15, 0.2) is 24.3 Å². The van der Waals surface area contributed by atoms with Crippen LogP contribution in [0.5, 0.6) is 0 Å². The van der Waals surface area contributed by atoms with E-state index in [1.54, 1.807) is 0 Å². The molecular weight excluding hydrogens is 339 g/mol. The fraction of sp³-hybridized carbons (Fsp3) is 0.500. The Balaban J connectivity index is 2.47.